The Bertz CT molecular complexity index is 3020. The SMILES string of the molecule is CC1(C)c2cc(-c3ccccc3)cc3c2-c2c1cc(-c1ccccc1)cc2C3(c1ccc(N(c2ccccc2)c2ccccc2)cc1)c1ccc(N(c2ccccc2)c2ccccc2)cc1. The minimum Gasteiger partial charge on any atom is -0.311 e. The van der Waals surface area contributed by atoms with Crippen molar-refractivity contribution >= 4 is 34.1 Å². The molecule has 2 heteroatoms. The molecule has 314 valence electrons. The molecule has 0 N–H and O–H groups in total. The average molecular weight is 845 g/mol. The maximum absolute atomic E-state index is 2.52. The first-order valence-corrected chi connectivity index (χ1v) is 23.0. The Morgan fingerprint density at radius 3 is 0.818 bits per heavy atom. The van der Waals surface area contributed by atoms with Gasteiger partial charge in [0, 0.05) is 39.5 Å². The van der Waals surface area contributed by atoms with E-state index in [9.17, 15) is 0 Å². The van der Waals surface area contributed by atoms with Crippen LogP contribution in [0, 0.1) is 0 Å². The lowest BCUT2D eigenvalue weighted by Crippen LogP contribution is -2.30. The molecule has 0 radical (unpaired) electrons. The summed E-state index contributed by atoms with van der Waals surface area (Å²) in [6.07, 6.45) is 0. The predicted molar refractivity (Wildman–Crippen MR) is 276 cm³/mol. The second-order valence-electron chi connectivity index (χ2n) is 18.1. The van der Waals surface area contributed by atoms with Crippen molar-refractivity contribution in [1.82, 2.24) is 0 Å². The average Bonchev–Trinajstić information content (AvgIpc) is 3.81. The summed E-state index contributed by atoms with van der Waals surface area (Å²) in [5, 5.41) is 0. The van der Waals surface area contributed by atoms with Crippen LogP contribution < -0.4 is 9.80 Å². The summed E-state index contributed by atoms with van der Waals surface area (Å²) in [6, 6.07) is 93.6. The lowest BCUT2D eigenvalue weighted by atomic mass is 9.65. The number of para-hydroxylation sites is 4. The molecule has 66 heavy (non-hydrogen) atoms. The van der Waals surface area contributed by atoms with Gasteiger partial charge in [0.05, 0.1) is 5.41 Å². The number of rotatable bonds is 10. The van der Waals surface area contributed by atoms with Crippen LogP contribution in [0.4, 0.5) is 34.1 Å². The van der Waals surface area contributed by atoms with E-state index >= 15 is 0 Å². The van der Waals surface area contributed by atoms with Gasteiger partial charge in [0.1, 0.15) is 0 Å². The molecule has 2 aliphatic carbocycles. The van der Waals surface area contributed by atoms with Crippen LogP contribution in [0.3, 0.4) is 0 Å². The third kappa shape index (κ3) is 6.25. The lowest BCUT2D eigenvalue weighted by Gasteiger charge is -2.37. The molecule has 0 unspecified atom stereocenters. The van der Waals surface area contributed by atoms with Crippen molar-refractivity contribution in [3.05, 3.63) is 288 Å². The normalized spacial score (nSPS) is 13.5. The topological polar surface area (TPSA) is 6.48 Å². The van der Waals surface area contributed by atoms with Crippen LogP contribution in [0.1, 0.15) is 47.2 Å². The predicted octanol–water partition coefficient (Wildman–Crippen LogP) is 17.0. The molecule has 2 aliphatic rings. The van der Waals surface area contributed by atoms with Crippen molar-refractivity contribution in [2.75, 3.05) is 9.80 Å². The second kappa shape index (κ2) is 15.8. The zero-order chi connectivity index (χ0) is 44.2. The summed E-state index contributed by atoms with van der Waals surface area (Å²) < 4.78 is 0. The molecule has 0 spiro atoms. The van der Waals surface area contributed by atoms with Gasteiger partial charge < -0.3 is 9.80 Å². The Morgan fingerprint density at radius 2 is 0.515 bits per heavy atom. The molecular weight excluding hydrogens is 797 g/mol. The molecular formula is C64H48N2. The van der Waals surface area contributed by atoms with Crippen molar-refractivity contribution in [2.45, 2.75) is 24.7 Å². The summed E-state index contributed by atoms with van der Waals surface area (Å²) in [5.41, 5.74) is 21.4. The minimum atomic E-state index is -0.661. The zero-order valence-electron chi connectivity index (χ0n) is 37.1. The molecule has 0 saturated heterocycles. The van der Waals surface area contributed by atoms with Crippen LogP contribution in [0.5, 0.6) is 0 Å². The fourth-order valence-corrected chi connectivity index (χ4v) is 11.0. The Morgan fingerprint density at radius 1 is 0.258 bits per heavy atom. The van der Waals surface area contributed by atoms with Gasteiger partial charge in [-0.25, -0.2) is 0 Å². The Labute approximate surface area is 388 Å². The highest BCUT2D eigenvalue weighted by molar-refractivity contribution is 5.99. The summed E-state index contributed by atoms with van der Waals surface area (Å²) >= 11 is 0. The first kappa shape index (κ1) is 39.4. The van der Waals surface area contributed by atoms with Crippen LogP contribution in [0.2, 0.25) is 0 Å². The smallest absolute Gasteiger partial charge is 0.0714 e. The molecule has 12 rings (SSSR count). The van der Waals surface area contributed by atoms with Gasteiger partial charge in [-0.05, 0) is 164 Å². The summed E-state index contributed by atoms with van der Waals surface area (Å²) in [6.45, 7) is 4.85. The third-order valence-corrected chi connectivity index (χ3v) is 14.1. The minimum absolute atomic E-state index is 0.221. The van der Waals surface area contributed by atoms with E-state index in [1.54, 1.807) is 0 Å². The highest BCUT2D eigenvalue weighted by atomic mass is 15.1. The highest BCUT2D eigenvalue weighted by Gasteiger charge is 2.53. The number of anilines is 6. The second-order valence-corrected chi connectivity index (χ2v) is 18.1. The van der Waals surface area contributed by atoms with Gasteiger partial charge in [-0.1, -0.05) is 172 Å². The molecule has 0 bridgehead atoms. The molecule has 0 heterocycles. The van der Waals surface area contributed by atoms with Gasteiger partial charge in [0.15, 0.2) is 0 Å². The number of hydrogen-bond donors (Lipinski definition) is 0. The molecule has 2 nitrogen and oxygen atoms in total. The Balaban J connectivity index is 1.14. The van der Waals surface area contributed by atoms with E-state index in [0.717, 1.165) is 34.1 Å². The fraction of sp³-hybridized carbons (Fsp3) is 0.0625. The number of benzene rings is 10. The van der Waals surface area contributed by atoms with E-state index in [2.05, 4.69) is 278 Å². The van der Waals surface area contributed by atoms with Crippen molar-refractivity contribution in [2.24, 2.45) is 0 Å². The van der Waals surface area contributed by atoms with Gasteiger partial charge in [-0.15, -0.1) is 0 Å². The van der Waals surface area contributed by atoms with Crippen LogP contribution in [-0.2, 0) is 10.8 Å². The van der Waals surface area contributed by atoms with E-state index in [1.807, 2.05) is 0 Å². The third-order valence-electron chi connectivity index (χ3n) is 14.1. The summed E-state index contributed by atoms with van der Waals surface area (Å²) in [5.74, 6) is 0. The number of nitrogens with zero attached hydrogens (tertiary/aromatic N) is 2. The van der Waals surface area contributed by atoms with E-state index in [0.29, 0.717) is 0 Å². The molecule has 0 aromatic heterocycles. The quantitative estimate of drug-likeness (QED) is 0.135. The van der Waals surface area contributed by atoms with Gasteiger partial charge in [0.25, 0.3) is 0 Å². The number of hydrogen-bond acceptors (Lipinski definition) is 2. The Hall–Kier alpha value is -8.20. The highest BCUT2D eigenvalue weighted by Crippen LogP contribution is 2.65. The standard InChI is InChI=1S/C64H48N2/c1-63(2)57-41-47(45-21-9-3-10-22-45)43-59-61(57)62-58(63)42-48(46-23-11-4-12-24-46)44-60(62)64(59,49-33-37-55(38-34-49)65(51-25-13-5-14-26-51)52-27-15-6-16-28-52)50-35-39-56(40-36-50)66(53-29-17-7-18-30-53)54-31-19-8-20-32-54/h3-44H,1-2H3. The zero-order valence-corrected chi connectivity index (χ0v) is 37.1. The first-order chi connectivity index (χ1) is 32.5. The summed E-state index contributed by atoms with van der Waals surface area (Å²) in [7, 11) is 0. The van der Waals surface area contributed by atoms with E-state index in [4.69, 9.17) is 0 Å². The van der Waals surface area contributed by atoms with Crippen molar-refractivity contribution < 1.29 is 0 Å². The van der Waals surface area contributed by atoms with Crippen molar-refractivity contribution in [3.63, 3.8) is 0 Å². The monoisotopic (exact) mass is 844 g/mol. The van der Waals surface area contributed by atoms with Crippen LogP contribution in [-0.4, -0.2) is 0 Å². The van der Waals surface area contributed by atoms with E-state index in [1.165, 1.54) is 66.8 Å². The molecule has 10 aromatic rings. The molecule has 0 atom stereocenters. The van der Waals surface area contributed by atoms with Crippen LogP contribution in [0.15, 0.2) is 255 Å². The largest absolute Gasteiger partial charge is 0.311 e. The molecule has 0 aliphatic heterocycles. The van der Waals surface area contributed by atoms with Gasteiger partial charge in [-0.3, -0.25) is 0 Å². The van der Waals surface area contributed by atoms with Gasteiger partial charge >= 0.3 is 0 Å². The van der Waals surface area contributed by atoms with Crippen molar-refractivity contribution in [3.8, 4) is 33.4 Å². The lowest BCUT2D eigenvalue weighted by molar-refractivity contribution is 0.652. The van der Waals surface area contributed by atoms with Gasteiger partial charge in [0.2, 0.25) is 0 Å². The molecule has 10 aromatic carbocycles. The van der Waals surface area contributed by atoms with Crippen LogP contribution in [0.25, 0.3) is 33.4 Å². The van der Waals surface area contributed by atoms with Crippen molar-refractivity contribution in [1.29, 1.82) is 0 Å². The molecule has 0 fully saturated rings. The first-order valence-electron chi connectivity index (χ1n) is 23.0. The summed E-state index contributed by atoms with van der Waals surface area (Å²) in [4.78, 5) is 4.71. The van der Waals surface area contributed by atoms with E-state index in [-0.39, 0.29) is 5.41 Å². The maximum atomic E-state index is 2.52. The molecule has 0 saturated carbocycles. The molecule has 0 amide bonds. The fourth-order valence-electron chi connectivity index (χ4n) is 11.0. The maximum Gasteiger partial charge on any atom is 0.0714 e. The van der Waals surface area contributed by atoms with E-state index < -0.39 is 5.41 Å². The Kier molecular flexibility index (Phi) is 9.43. The van der Waals surface area contributed by atoms with Gasteiger partial charge in [-0.2, -0.15) is 0 Å². The van der Waals surface area contributed by atoms with Crippen LogP contribution >= 0.6 is 0 Å².